The Morgan fingerprint density at radius 3 is 2.26 bits per heavy atom. The number of nitrogens with one attached hydrogen (secondary N) is 1. The number of halogens is 2. The van der Waals surface area contributed by atoms with Gasteiger partial charge in [-0.15, -0.1) is 0 Å². The number of methoxy groups -OCH3 is 1. The van der Waals surface area contributed by atoms with Gasteiger partial charge in [0.15, 0.2) is 0 Å². The van der Waals surface area contributed by atoms with Crippen LogP contribution in [0.4, 0.5) is 5.69 Å². The Bertz CT molecular complexity index is 1470. The average Bonchev–Trinajstić information content (AvgIpc) is 2.94. The second-order valence-electron chi connectivity index (χ2n) is 10.3. The van der Waals surface area contributed by atoms with Crippen LogP contribution in [0.2, 0.25) is 10.0 Å². The van der Waals surface area contributed by atoms with Gasteiger partial charge in [0, 0.05) is 38.0 Å². The third-order valence-corrected chi connectivity index (χ3v) is 8.47. The van der Waals surface area contributed by atoms with Crippen LogP contribution in [0.15, 0.2) is 72.8 Å². The average molecular weight is 635 g/mol. The lowest BCUT2D eigenvalue weighted by Crippen LogP contribution is -2.51. The van der Waals surface area contributed by atoms with Crippen LogP contribution in [0.1, 0.15) is 37.8 Å². The van der Waals surface area contributed by atoms with E-state index in [1.165, 1.54) is 11.4 Å². The Morgan fingerprint density at radius 2 is 1.64 bits per heavy atom. The normalized spacial score (nSPS) is 12.1. The Hall–Kier alpha value is -3.27. The largest absolute Gasteiger partial charge is 0.497 e. The molecule has 3 rings (SSSR count). The highest BCUT2D eigenvalue weighted by Crippen LogP contribution is 2.26. The molecule has 0 saturated carbocycles. The van der Waals surface area contributed by atoms with Gasteiger partial charge in [0.25, 0.3) is 0 Å². The van der Waals surface area contributed by atoms with Gasteiger partial charge in [-0.3, -0.25) is 13.9 Å². The van der Waals surface area contributed by atoms with Crippen molar-refractivity contribution in [3.05, 3.63) is 94.0 Å². The molecule has 2 amide bonds. The number of rotatable bonds is 14. The minimum Gasteiger partial charge on any atom is -0.497 e. The first-order valence-corrected chi connectivity index (χ1v) is 16.2. The van der Waals surface area contributed by atoms with Crippen LogP contribution >= 0.6 is 23.2 Å². The maximum absolute atomic E-state index is 13.9. The number of benzene rings is 3. The highest BCUT2D eigenvalue weighted by Gasteiger charge is 2.31. The SMILES string of the molecule is COc1cccc(N(CCCC(=O)N(Cc2ccc(Cl)c(Cl)c2)[C@H](Cc2ccccc2)C(=O)NC(C)C)S(C)(=O)=O)c1. The summed E-state index contributed by atoms with van der Waals surface area (Å²) in [5, 5.41) is 3.68. The van der Waals surface area contributed by atoms with Crippen molar-refractivity contribution < 1.29 is 22.7 Å². The molecule has 226 valence electrons. The molecule has 8 nitrogen and oxygen atoms in total. The van der Waals surface area contributed by atoms with E-state index < -0.39 is 16.1 Å². The van der Waals surface area contributed by atoms with Crippen molar-refractivity contribution in [3.8, 4) is 5.75 Å². The molecule has 0 fully saturated rings. The van der Waals surface area contributed by atoms with E-state index in [0.29, 0.717) is 33.5 Å². The Morgan fingerprint density at radius 1 is 0.929 bits per heavy atom. The predicted octanol–water partition coefficient (Wildman–Crippen LogP) is 5.71. The lowest BCUT2D eigenvalue weighted by Gasteiger charge is -2.32. The van der Waals surface area contributed by atoms with Gasteiger partial charge in [-0.1, -0.05) is 65.7 Å². The molecule has 0 radical (unpaired) electrons. The maximum Gasteiger partial charge on any atom is 0.243 e. The van der Waals surface area contributed by atoms with E-state index in [1.54, 1.807) is 47.4 Å². The van der Waals surface area contributed by atoms with Gasteiger partial charge >= 0.3 is 0 Å². The molecule has 0 unspecified atom stereocenters. The lowest BCUT2D eigenvalue weighted by molar-refractivity contribution is -0.141. The summed E-state index contributed by atoms with van der Waals surface area (Å²) in [5.74, 6) is -0.0543. The molecular weight excluding hydrogens is 597 g/mol. The number of carbonyl (C=O) groups excluding carboxylic acids is 2. The molecule has 3 aromatic rings. The highest BCUT2D eigenvalue weighted by molar-refractivity contribution is 7.92. The quantitative estimate of drug-likeness (QED) is 0.245. The maximum atomic E-state index is 13.9. The van der Waals surface area contributed by atoms with Gasteiger partial charge in [0.05, 0.1) is 29.1 Å². The number of carbonyl (C=O) groups is 2. The summed E-state index contributed by atoms with van der Waals surface area (Å²) >= 11 is 12.4. The zero-order valence-electron chi connectivity index (χ0n) is 24.2. The first-order valence-electron chi connectivity index (χ1n) is 13.6. The molecule has 1 atom stereocenters. The van der Waals surface area contributed by atoms with Crippen LogP contribution in [0.3, 0.4) is 0 Å². The van der Waals surface area contributed by atoms with Crippen LogP contribution < -0.4 is 14.4 Å². The van der Waals surface area contributed by atoms with E-state index >= 15 is 0 Å². The van der Waals surface area contributed by atoms with E-state index in [1.807, 2.05) is 44.2 Å². The van der Waals surface area contributed by atoms with E-state index in [0.717, 1.165) is 11.8 Å². The van der Waals surface area contributed by atoms with Crippen molar-refractivity contribution in [2.24, 2.45) is 0 Å². The third-order valence-electron chi connectivity index (χ3n) is 6.53. The monoisotopic (exact) mass is 633 g/mol. The fraction of sp³-hybridized carbons (Fsp3) is 0.355. The topological polar surface area (TPSA) is 96.0 Å². The lowest BCUT2D eigenvalue weighted by atomic mass is 10.0. The third kappa shape index (κ3) is 9.64. The van der Waals surface area contributed by atoms with Gasteiger partial charge in [-0.05, 0) is 55.7 Å². The Labute approximate surface area is 258 Å². The second-order valence-corrected chi connectivity index (χ2v) is 13.0. The van der Waals surface area contributed by atoms with Gasteiger partial charge < -0.3 is 15.0 Å². The van der Waals surface area contributed by atoms with Crippen molar-refractivity contribution in [1.82, 2.24) is 10.2 Å². The number of hydrogen-bond donors (Lipinski definition) is 1. The number of sulfonamides is 1. The summed E-state index contributed by atoms with van der Waals surface area (Å²) in [4.78, 5) is 29.0. The predicted molar refractivity (Wildman–Crippen MR) is 169 cm³/mol. The minimum absolute atomic E-state index is 0.0115. The van der Waals surface area contributed by atoms with Crippen molar-refractivity contribution in [1.29, 1.82) is 0 Å². The molecule has 3 aromatic carbocycles. The van der Waals surface area contributed by atoms with E-state index in [-0.39, 0.29) is 43.8 Å². The smallest absolute Gasteiger partial charge is 0.243 e. The molecule has 42 heavy (non-hydrogen) atoms. The number of ether oxygens (including phenoxy) is 1. The standard InChI is InChI=1S/C31H37Cl2N3O5S/c1-22(2)34-31(38)29(19-23-10-6-5-7-11-23)35(21-24-15-16-27(32)28(33)18-24)30(37)14-9-17-36(42(4,39)40)25-12-8-13-26(20-25)41-3/h5-8,10-13,15-16,18,20,22,29H,9,14,17,19,21H2,1-4H3,(H,34,38)/t29-/m1/s1. The summed E-state index contributed by atoms with van der Waals surface area (Å²) in [6.07, 6.45) is 1.66. The van der Waals surface area contributed by atoms with E-state index in [2.05, 4.69) is 5.32 Å². The molecule has 0 aliphatic heterocycles. The number of amides is 2. The van der Waals surface area contributed by atoms with Crippen molar-refractivity contribution in [2.75, 3.05) is 24.2 Å². The van der Waals surface area contributed by atoms with E-state index in [4.69, 9.17) is 27.9 Å². The Kier molecular flexibility index (Phi) is 12.1. The van der Waals surface area contributed by atoms with Gasteiger partial charge in [0.1, 0.15) is 11.8 Å². The summed E-state index contributed by atoms with van der Waals surface area (Å²) < 4.78 is 31.8. The fourth-order valence-corrected chi connectivity index (χ4v) is 5.82. The summed E-state index contributed by atoms with van der Waals surface area (Å²) in [7, 11) is -2.13. The van der Waals surface area contributed by atoms with Gasteiger partial charge in [-0.2, -0.15) is 0 Å². The molecule has 0 spiro atoms. The summed E-state index contributed by atoms with van der Waals surface area (Å²) in [6, 6.07) is 20.4. The number of hydrogen-bond acceptors (Lipinski definition) is 5. The van der Waals surface area contributed by atoms with Crippen LogP contribution in [0, 0.1) is 0 Å². The zero-order chi connectivity index (χ0) is 30.9. The number of nitrogens with zero attached hydrogens (tertiary/aromatic N) is 2. The van der Waals surface area contributed by atoms with Crippen molar-refractivity contribution >= 4 is 50.7 Å². The van der Waals surface area contributed by atoms with Gasteiger partial charge in [0.2, 0.25) is 21.8 Å². The van der Waals surface area contributed by atoms with Crippen LogP contribution in [0.5, 0.6) is 5.75 Å². The molecule has 11 heteroatoms. The zero-order valence-corrected chi connectivity index (χ0v) is 26.5. The number of anilines is 1. The summed E-state index contributed by atoms with van der Waals surface area (Å²) in [6.45, 7) is 3.91. The van der Waals surface area contributed by atoms with Crippen LogP contribution in [0.25, 0.3) is 0 Å². The second kappa shape index (κ2) is 15.3. The van der Waals surface area contributed by atoms with Crippen molar-refractivity contribution in [2.45, 2.75) is 51.7 Å². The molecule has 0 aliphatic rings. The Balaban J connectivity index is 1.90. The molecule has 0 heterocycles. The molecule has 0 aliphatic carbocycles. The molecule has 0 saturated heterocycles. The van der Waals surface area contributed by atoms with Gasteiger partial charge in [-0.25, -0.2) is 8.42 Å². The first kappa shape index (κ1) is 33.2. The first-order chi connectivity index (χ1) is 19.9. The van der Waals surface area contributed by atoms with E-state index in [9.17, 15) is 18.0 Å². The highest BCUT2D eigenvalue weighted by atomic mass is 35.5. The molecular formula is C31H37Cl2N3O5S. The van der Waals surface area contributed by atoms with Crippen molar-refractivity contribution in [3.63, 3.8) is 0 Å². The fourth-order valence-electron chi connectivity index (χ4n) is 4.54. The van der Waals surface area contributed by atoms with Crippen LogP contribution in [-0.4, -0.2) is 57.1 Å². The minimum atomic E-state index is -3.64. The molecule has 0 aromatic heterocycles. The molecule has 1 N–H and O–H groups in total. The van der Waals surface area contributed by atoms with Crippen LogP contribution in [-0.2, 0) is 32.6 Å². The molecule has 0 bridgehead atoms. The summed E-state index contributed by atoms with van der Waals surface area (Å²) in [5.41, 5.74) is 2.05.